The predicted molar refractivity (Wildman–Crippen MR) is 151 cm³/mol. The molecule has 3 fully saturated rings. The molecule has 2 saturated heterocycles. The molecular formula is C30H38ClN3O6. The van der Waals surface area contributed by atoms with Crippen LogP contribution in [-0.4, -0.2) is 68.0 Å². The van der Waals surface area contributed by atoms with Crippen LogP contribution in [0.15, 0.2) is 16.9 Å². The Balaban J connectivity index is 1.11. The molecule has 3 unspecified atom stereocenters. The van der Waals surface area contributed by atoms with Crippen LogP contribution in [0.4, 0.5) is 0 Å². The van der Waals surface area contributed by atoms with Crippen LogP contribution in [0.2, 0.25) is 5.02 Å². The van der Waals surface area contributed by atoms with Gasteiger partial charge in [-0.05, 0) is 57.6 Å². The SMILES string of the molecule is COc1cc(C)[nH]c(=O)c1CNC(=O)c1cc(Cl)c2c(c1C)OC(C1CCC(N3CC4COCC4C3)CC1)CO2. The van der Waals surface area contributed by atoms with E-state index < -0.39 is 0 Å². The van der Waals surface area contributed by atoms with Crippen LogP contribution in [-0.2, 0) is 11.3 Å². The Kier molecular flexibility index (Phi) is 7.72. The number of likely N-dealkylation sites (tertiary alicyclic amines) is 1. The van der Waals surface area contributed by atoms with Crippen molar-refractivity contribution in [3.05, 3.63) is 49.9 Å². The zero-order chi connectivity index (χ0) is 28.0. The van der Waals surface area contributed by atoms with E-state index in [-0.39, 0.29) is 24.1 Å². The van der Waals surface area contributed by atoms with Gasteiger partial charge >= 0.3 is 0 Å². The molecule has 1 aliphatic carbocycles. The first kappa shape index (κ1) is 27.4. The van der Waals surface area contributed by atoms with Crippen molar-refractivity contribution >= 4 is 17.5 Å². The first-order valence-electron chi connectivity index (χ1n) is 14.3. The number of ether oxygens (including phenoxy) is 4. The maximum Gasteiger partial charge on any atom is 0.256 e. The van der Waals surface area contributed by atoms with Crippen LogP contribution < -0.4 is 25.1 Å². The number of aromatic amines is 1. The second-order valence-corrected chi connectivity index (χ2v) is 12.2. The number of nitrogens with one attached hydrogen (secondary N) is 2. The van der Waals surface area contributed by atoms with Gasteiger partial charge in [0.05, 0.1) is 37.5 Å². The van der Waals surface area contributed by atoms with E-state index in [9.17, 15) is 9.59 Å². The van der Waals surface area contributed by atoms with Crippen LogP contribution in [0, 0.1) is 31.6 Å². The van der Waals surface area contributed by atoms with E-state index in [1.165, 1.54) is 33.0 Å². The number of hydrogen-bond donors (Lipinski definition) is 2. The predicted octanol–water partition coefficient (Wildman–Crippen LogP) is 3.86. The lowest BCUT2D eigenvalue weighted by Crippen LogP contribution is -2.43. The molecule has 1 amide bonds. The topological polar surface area (TPSA) is 102 Å². The fourth-order valence-electron chi connectivity index (χ4n) is 6.96. The second-order valence-electron chi connectivity index (χ2n) is 11.7. The highest BCUT2D eigenvalue weighted by molar-refractivity contribution is 6.32. The number of aryl methyl sites for hydroxylation is 1. The number of amides is 1. The van der Waals surface area contributed by atoms with Gasteiger partial charge in [-0.2, -0.15) is 0 Å². The molecule has 0 spiro atoms. The lowest BCUT2D eigenvalue weighted by molar-refractivity contribution is 0.0199. The minimum Gasteiger partial charge on any atom is -0.496 e. The number of fused-ring (bicyclic) bond motifs is 2. The fraction of sp³-hybridized carbons (Fsp3) is 0.600. The molecule has 1 aromatic carbocycles. The van der Waals surface area contributed by atoms with Crippen LogP contribution in [0.3, 0.4) is 0 Å². The molecule has 2 N–H and O–H groups in total. The van der Waals surface area contributed by atoms with Crippen molar-refractivity contribution in [1.82, 2.24) is 15.2 Å². The van der Waals surface area contributed by atoms with Gasteiger partial charge in [0.25, 0.3) is 11.5 Å². The summed E-state index contributed by atoms with van der Waals surface area (Å²) < 4.78 is 23.7. The molecule has 4 aliphatic rings. The van der Waals surface area contributed by atoms with Crippen molar-refractivity contribution < 1.29 is 23.7 Å². The summed E-state index contributed by atoms with van der Waals surface area (Å²) in [6.45, 7) is 8.27. The zero-order valence-corrected chi connectivity index (χ0v) is 24.1. The second kappa shape index (κ2) is 11.3. The lowest BCUT2D eigenvalue weighted by atomic mass is 9.82. The van der Waals surface area contributed by atoms with Crippen LogP contribution in [0.1, 0.15) is 52.9 Å². The maximum atomic E-state index is 13.2. The van der Waals surface area contributed by atoms with E-state index in [1.807, 2.05) is 6.92 Å². The number of methoxy groups -OCH3 is 1. The summed E-state index contributed by atoms with van der Waals surface area (Å²) >= 11 is 6.56. The monoisotopic (exact) mass is 571 g/mol. The average molecular weight is 572 g/mol. The van der Waals surface area contributed by atoms with Gasteiger partial charge in [-0.25, -0.2) is 0 Å². The average Bonchev–Trinajstić information content (AvgIpc) is 3.57. The van der Waals surface area contributed by atoms with Crippen molar-refractivity contribution in [3.63, 3.8) is 0 Å². The molecular weight excluding hydrogens is 534 g/mol. The molecule has 4 heterocycles. The highest BCUT2D eigenvalue weighted by Gasteiger charge is 2.42. The van der Waals surface area contributed by atoms with E-state index in [0.29, 0.717) is 75.1 Å². The molecule has 2 aromatic rings. The number of halogens is 1. The van der Waals surface area contributed by atoms with E-state index in [0.717, 1.165) is 26.1 Å². The van der Waals surface area contributed by atoms with E-state index in [4.69, 9.17) is 30.5 Å². The molecule has 216 valence electrons. The van der Waals surface area contributed by atoms with Gasteiger partial charge in [-0.3, -0.25) is 14.5 Å². The summed E-state index contributed by atoms with van der Waals surface area (Å²) in [5, 5.41) is 3.17. The third-order valence-corrected chi connectivity index (χ3v) is 9.55. The number of pyridine rings is 1. The van der Waals surface area contributed by atoms with Crippen LogP contribution in [0.25, 0.3) is 0 Å². The van der Waals surface area contributed by atoms with Crippen LogP contribution in [0.5, 0.6) is 17.2 Å². The Morgan fingerprint density at radius 3 is 2.50 bits per heavy atom. The normalized spacial score (nSPS) is 27.9. The van der Waals surface area contributed by atoms with Crippen molar-refractivity contribution in [2.75, 3.05) is 40.0 Å². The molecule has 9 nitrogen and oxygen atoms in total. The summed E-state index contributed by atoms with van der Waals surface area (Å²) in [5.41, 5.74) is 1.80. The number of carbonyl (C=O) groups is 1. The number of H-pyrrole nitrogens is 1. The third-order valence-electron chi connectivity index (χ3n) is 9.27. The minimum atomic E-state index is -0.351. The standard InChI is InChI=1S/C30H38ClN3O6/c1-16-8-25(37-3)23(30(36)33-16)10-32-29(35)22-9-24(31)28-27(17(22)2)40-26(15-39-28)18-4-6-21(7-5-18)34-11-19-13-38-14-20(19)12-34/h8-9,18-21,26H,4-7,10-15H2,1-3H3,(H,32,35)(H,33,36). The Labute approximate surface area is 239 Å². The molecule has 1 saturated carbocycles. The number of aromatic nitrogens is 1. The van der Waals surface area contributed by atoms with E-state index in [2.05, 4.69) is 15.2 Å². The van der Waals surface area contributed by atoms with E-state index in [1.54, 1.807) is 19.1 Å². The Bertz CT molecular complexity index is 1330. The zero-order valence-electron chi connectivity index (χ0n) is 23.4. The molecule has 3 atom stereocenters. The van der Waals surface area contributed by atoms with Gasteiger partial charge in [-0.1, -0.05) is 11.6 Å². The number of hydrogen-bond acceptors (Lipinski definition) is 7. The van der Waals surface area contributed by atoms with Gasteiger partial charge in [0.1, 0.15) is 18.5 Å². The van der Waals surface area contributed by atoms with Gasteiger partial charge in [0.2, 0.25) is 0 Å². The number of rotatable bonds is 6. The number of nitrogens with zero attached hydrogens (tertiary/aromatic N) is 1. The van der Waals surface area contributed by atoms with Gasteiger partial charge in [0.15, 0.2) is 11.5 Å². The van der Waals surface area contributed by atoms with Gasteiger partial charge in [0, 0.05) is 47.8 Å². The molecule has 10 heteroatoms. The highest BCUT2D eigenvalue weighted by Crippen LogP contribution is 2.45. The molecule has 1 aromatic heterocycles. The third kappa shape index (κ3) is 5.19. The van der Waals surface area contributed by atoms with Crippen LogP contribution >= 0.6 is 11.6 Å². The Hall–Kier alpha value is -2.75. The summed E-state index contributed by atoms with van der Waals surface area (Å²) in [5.74, 6) is 2.92. The first-order valence-corrected chi connectivity index (χ1v) is 14.7. The quantitative estimate of drug-likeness (QED) is 0.543. The molecule has 3 aliphatic heterocycles. The van der Waals surface area contributed by atoms with Crippen molar-refractivity contribution in [2.24, 2.45) is 17.8 Å². The van der Waals surface area contributed by atoms with E-state index >= 15 is 0 Å². The summed E-state index contributed by atoms with van der Waals surface area (Å²) in [6.07, 6.45) is 4.44. The minimum absolute atomic E-state index is 0.0144. The molecule has 40 heavy (non-hydrogen) atoms. The summed E-state index contributed by atoms with van der Waals surface area (Å²) in [6, 6.07) is 3.98. The number of carbonyl (C=O) groups excluding carboxylic acids is 1. The molecule has 0 bridgehead atoms. The summed E-state index contributed by atoms with van der Waals surface area (Å²) in [4.78, 5) is 31.1. The first-order chi connectivity index (χ1) is 19.3. The van der Waals surface area contributed by atoms with Crippen molar-refractivity contribution in [2.45, 2.75) is 58.2 Å². The largest absolute Gasteiger partial charge is 0.496 e. The Morgan fingerprint density at radius 1 is 1.07 bits per heavy atom. The lowest BCUT2D eigenvalue weighted by Gasteiger charge is -2.39. The highest BCUT2D eigenvalue weighted by atomic mass is 35.5. The molecule has 0 radical (unpaired) electrons. The van der Waals surface area contributed by atoms with Gasteiger partial charge in [-0.15, -0.1) is 0 Å². The van der Waals surface area contributed by atoms with Crippen molar-refractivity contribution in [3.8, 4) is 17.2 Å². The molecule has 6 rings (SSSR count). The maximum absolute atomic E-state index is 13.2. The number of benzene rings is 1. The van der Waals surface area contributed by atoms with Crippen molar-refractivity contribution in [1.29, 1.82) is 0 Å². The Morgan fingerprint density at radius 2 is 1.80 bits per heavy atom. The smallest absolute Gasteiger partial charge is 0.256 e. The fourth-order valence-corrected chi connectivity index (χ4v) is 7.21. The summed E-state index contributed by atoms with van der Waals surface area (Å²) in [7, 11) is 1.50. The van der Waals surface area contributed by atoms with Gasteiger partial charge < -0.3 is 29.2 Å².